The Morgan fingerprint density at radius 1 is 1.15 bits per heavy atom. The fourth-order valence-electron chi connectivity index (χ4n) is 1.69. The van der Waals surface area contributed by atoms with Crippen LogP contribution in [0, 0.1) is 5.92 Å². The van der Waals surface area contributed by atoms with Gasteiger partial charge in [0.15, 0.2) is 0 Å². The molecule has 0 bridgehead atoms. The molecule has 1 rings (SSSR count). The van der Waals surface area contributed by atoms with E-state index in [4.69, 9.17) is 4.74 Å². The smallest absolute Gasteiger partial charge is 0.119 e. The van der Waals surface area contributed by atoms with Gasteiger partial charge in [-0.25, -0.2) is 0 Å². The van der Waals surface area contributed by atoms with Gasteiger partial charge in [-0.1, -0.05) is 26.0 Å². The van der Waals surface area contributed by atoms with Gasteiger partial charge in [0.25, 0.3) is 0 Å². The normalized spacial score (nSPS) is 15.9. The van der Waals surface area contributed by atoms with Gasteiger partial charge < -0.3 is 10.1 Å². The average Bonchev–Trinajstić information content (AvgIpc) is 2.42. The Kier molecular flexibility index (Phi) is 7.24. The summed E-state index contributed by atoms with van der Waals surface area (Å²) in [4.78, 5) is 0. The number of nitrogens with one attached hydrogen (secondary N) is 1. The quantitative estimate of drug-likeness (QED) is 0.801. The SMILES string of the molecule is CC(C)COc1ccc(C(C)NCC(C)S(C)=O)cc1. The lowest BCUT2D eigenvalue weighted by atomic mass is 10.1. The minimum atomic E-state index is -0.777. The number of benzene rings is 1. The first-order valence-electron chi connectivity index (χ1n) is 7.18. The van der Waals surface area contributed by atoms with Crippen molar-refractivity contribution in [1.29, 1.82) is 0 Å². The van der Waals surface area contributed by atoms with E-state index in [0.29, 0.717) is 5.92 Å². The number of rotatable bonds is 8. The minimum Gasteiger partial charge on any atom is -0.493 e. The predicted molar refractivity (Wildman–Crippen MR) is 86.7 cm³/mol. The summed E-state index contributed by atoms with van der Waals surface area (Å²) in [5, 5.41) is 3.59. The predicted octanol–water partition coefficient (Wildman–Crippen LogP) is 3.14. The van der Waals surface area contributed by atoms with Crippen LogP contribution in [0.1, 0.15) is 39.3 Å². The molecule has 3 nitrogen and oxygen atoms in total. The third-order valence-corrected chi connectivity index (χ3v) is 4.54. The Balaban J connectivity index is 2.48. The highest BCUT2D eigenvalue weighted by Gasteiger charge is 2.10. The molecular formula is C16H27NO2S. The zero-order chi connectivity index (χ0) is 15.1. The second kappa shape index (κ2) is 8.42. The van der Waals surface area contributed by atoms with E-state index in [-0.39, 0.29) is 11.3 Å². The minimum absolute atomic E-state index is 0.172. The molecule has 3 atom stereocenters. The number of hydrogen-bond acceptors (Lipinski definition) is 3. The van der Waals surface area contributed by atoms with Gasteiger partial charge in [-0.15, -0.1) is 0 Å². The van der Waals surface area contributed by atoms with E-state index in [1.54, 1.807) is 6.26 Å². The van der Waals surface area contributed by atoms with E-state index in [1.807, 2.05) is 19.1 Å². The van der Waals surface area contributed by atoms with Gasteiger partial charge in [0.1, 0.15) is 5.75 Å². The lowest BCUT2D eigenvalue weighted by Gasteiger charge is -2.17. The molecule has 0 spiro atoms. The van der Waals surface area contributed by atoms with Crippen molar-refractivity contribution in [1.82, 2.24) is 5.32 Å². The molecule has 0 aromatic heterocycles. The second-order valence-electron chi connectivity index (χ2n) is 5.71. The molecule has 0 aliphatic heterocycles. The molecule has 0 radical (unpaired) electrons. The topological polar surface area (TPSA) is 38.3 Å². The summed E-state index contributed by atoms with van der Waals surface area (Å²) in [6.45, 7) is 9.90. The molecule has 1 N–H and O–H groups in total. The molecule has 0 heterocycles. The molecule has 0 saturated carbocycles. The molecule has 0 aliphatic rings. The van der Waals surface area contributed by atoms with E-state index in [1.165, 1.54) is 5.56 Å². The lowest BCUT2D eigenvalue weighted by Crippen LogP contribution is -2.29. The molecule has 0 aliphatic carbocycles. The van der Waals surface area contributed by atoms with Crippen LogP contribution < -0.4 is 10.1 Å². The van der Waals surface area contributed by atoms with Gasteiger partial charge in [-0.3, -0.25) is 4.21 Å². The molecule has 0 amide bonds. The Bertz CT molecular complexity index is 417. The Labute approximate surface area is 125 Å². The van der Waals surface area contributed by atoms with Crippen molar-refractivity contribution in [3.8, 4) is 5.75 Å². The molecule has 0 fully saturated rings. The van der Waals surface area contributed by atoms with Crippen molar-refractivity contribution in [2.75, 3.05) is 19.4 Å². The van der Waals surface area contributed by atoms with Crippen LogP contribution in [0.15, 0.2) is 24.3 Å². The molecule has 3 unspecified atom stereocenters. The van der Waals surface area contributed by atoms with Crippen molar-refractivity contribution >= 4 is 10.8 Å². The highest BCUT2D eigenvalue weighted by Crippen LogP contribution is 2.18. The zero-order valence-corrected chi connectivity index (χ0v) is 14.0. The Morgan fingerprint density at radius 2 is 1.75 bits per heavy atom. The van der Waals surface area contributed by atoms with E-state index in [2.05, 4.69) is 38.2 Å². The second-order valence-corrected chi connectivity index (χ2v) is 7.51. The van der Waals surface area contributed by atoms with E-state index in [9.17, 15) is 4.21 Å². The molecular weight excluding hydrogens is 270 g/mol. The molecule has 4 heteroatoms. The molecule has 1 aromatic carbocycles. The first kappa shape index (κ1) is 17.2. The standard InChI is InChI=1S/C16H27NO2S/c1-12(2)11-19-16-8-6-15(7-9-16)14(4)17-10-13(3)20(5)18/h6-9,12-14,17H,10-11H2,1-5H3. The van der Waals surface area contributed by atoms with E-state index >= 15 is 0 Å². The largest absolute Gasteiger partial charge is 0.493 e. The number of ether oxygens (including phenoxy) is 1. The van der Waals surface area contributed by atoms with Crippen molar-refractivity contribution in [3.05, 3.63) is 29.8 Å². The first-order valence-corrected chi connectivity index (χ1v) is 8.80. The molecule has 1 aromatic rings. The maximum absolute atomic E-state index is 11.3. The first-order chi connectivity index (χ1) is 9.40. The summed E-state index contributed by atoms with van der Waals surface area (Å²) >= 11 is 0. The fourth-order valence-corrected chi connectivity index (χ4v) is 2.02. The summed E-state index contributed by atoms with van der Waals surface area (Å²) in [6.07, 6.45) is 1.75. The van der Waals surface area contributed by atoms with Gasteiger partial charge in [0.05, 0.1) is 6.61 Å². The van der Waals surface area contributed by atoms with Crippen molar-refractivity contribution in [2.45, 2.75) is 39.0 Å². The van der Waals surface area contributed by atoms with E-state index < -0.39 is 10.8 Å². The third kappa shape index (κ3) is 6.06. The van der Waals surface area contributed by atoms with Crippen molar-refractivity contribution in [3.63, 3.8) is 0 Å². The van der Waals surface area contributed by atoms with Crippen LogP contribution in [0.2, 0.25) is 0 Å². The third-order valence-electron chi connectivity index (χ3n) is 3.24. The Hall–Kier alpha value is -0.870. The molecule has 0 saturated heterocycles. The van der Waals surface area contributed by atoms with Crippen LogP contribution in [0.5, 0.6) is 5.75 Å². The van der Waals surface area contributed by atoms with Crippen molar-refractivity contribution in [2.24, 2.45) is 5.92 Å². The average molecular weight is 297 g/mol. The monoisotopic (exact) mass is 297 g/mol. The van der Waals surface area contributed by atoms with Gasteiger partial charge in [0, 0.05) is 34.9 Å². The fraction of sp³-hybridized carbons (Fsp3) is 0.625. The van der Waals surface area contributed by atoms with Crippen LogP contribution in [0.25, 0.3) is 0 Å². The van der Waals surface area contributed by atoms with Gasteiger partial charge >= 0.3 is 0 Å². The summed E-state index contributed by atoms with van der Waals surface area (Å²) in [5.41, 5.74) is 1.22. The zero-order valence-electron chi connectivity index (χ0n) is 13.2. The lowest BCUT2D eigenvalue weighted by molar-refractivity contribution is 0.271. The summed E-state index contributed by atoms with van der Waals surface area (Å²) in [5.74, 6) is 1.45. The van der Waals surface area contributed by atoms with Crippen LogP contribution in [-0.4, -0.2) is 28.9 Å². The van der Waals surface area contributed by atoms with Gasteiger partial charge in [0.2, 0.25) is 0 Å². The Morgan fingerprint density at radius 3 is 2.25 bits per heavy atom. The van der Waals surface area contributed by atoms with Gasteiger partial charge in [-0.2, -0.15) is 0 Å². The van der Waals surface area contributed by atoms with Crippen LogP contribution in [0.4, 0.5) is 0 Å². The summed E-state index contributed by atoms with van der Waals surface area (Å²) in [7, 11) is -0.777. The number of hydrogen-bond donors (Lipinski definition) is 1. The highest BCUT2D eigenvalue weighted by molar-refractivity contribution is 7.84. The summed E-state index contributed by atoms with van der Waals surface area (Å²) in [6, 6.07) is 8.44. The molecule has 114 valence electrons. The van der Waals surface area contributed by atoms with E-state index in [0.717, 1.165) is 18.9 Å². The van der Waals surface area contributed by atoms with Crippen LogP contribution in [0.3, 0.4) is 0 Å². The van der Waals surface area contributed by atoms with Gasteiger partial charge in [-0.05, 0) is 37.5 Å². The van der Waals surface area contributed by atoms with Crippen LogP contribution in [-0.2, 0) is 10.8 Å². The highest BCUT2D eigenvalue weighted by atomic mass is 32.2. The maximum Gasteiger partial charge on any atom is 0.119 e. The molecule has 20 heavy (non-hydrogen) atoms. The maximum atomic E-state index is 11.3. The summed E-state index contributed by atoms with van der Waals surface area (Å²) < 4.78 is 17.0. The van der Waals surface area contributed by atoms with Crippen LogP contribution >= 0.6 is 0 Å². The van der Waals surface area contributed by atoms with Crippen molar-refractivity contribution < 1.29 is 8.95 Å².